The van der Waals surface area contributed by atoms with E-state index in [0.717, 1.165) is 31.4 Å². The zero-order chi connectivity index (χ0) is 25.7. The standard InChI is InChI=1S/C29H39ClN4O2.ClH/c1-20(2)15-26(28(35)32-18-22-9-6-10-23(30)16-22)33-14-13-25(12-11-21-7-4-3-5-8-21)34-19-24(31)17-27(34)29(33)36;/h3-10,16,20,24-27H,11-15,17-19,31H2,1-2H3,(H,32,35);1H/t24-,25?,26-,27+;/m1./s1. The minimum atomic E-state index is -0.497. The fourth-order valence-corrected chi connectivity index (χ4v) is 5.88. The van der Waals surface area contributed by atoms with E-state index >= 15 is 0 Å². The number of benzene rings is 2. The molecule has 6 nitrogen and oxygen atoms in total. The van der Waals surface area contributed by atoms with Crippen molar-refractivity contribution in [3.63, 3.8) is 0 Å². The van der Waals surface area contributed by atoms with Crippen molar-refractivity contribution < 1.29 is 9.59 Å². The molecular formula is C29H40Cl2N4O2. The van der Waals surface area contributed by atoms with Crippen molar-refractivity contribution >= 4 is 35.8 Å². The maximum atomic E-state index is 13.9. The number of fused-ring (bicyclic) bond motifs is 1. The summed E-state index contributed by atoms with van der Waals surface area (Å²) in [7, 11) is 0. The molecule has 0 saturated carbocycles. The van der Waals surface area contributed by atoms with Crippen LogP contribution in [0.4, 0.5) is 0 Å². The quantitative estimate of drug-likeness (QED) is 0.487. The van der Waals surface area contributed by atoms with Crippen LogP contribution in [0.15, 0.2) is 54.6 Å². The van der Waals surface area contributed by atoms with Crippen LogP contribution in [0, 0.1) is 5.92 Å². The number of nitrogens with two attached hydrogens (primary N) is 1. The van der Waals surface area contributed by atoms with E-state index in [0.29, 0.717) is 31.0 Å². The van der Waals surface area contributed by atoms with Gasteiger partial charge in [-0.15, -0.1) is 12.4 Å². The van der Waals surface area contributed by atoms with Gasteiger partial charge in [0.2, 0.25) is 11.8 Å². The molecule has 8 heteroatoms. The van der Waals surface area contributed by atoms with Gasteiger partial charge in [0.1, 0.15) is 6.04 Å². The van der Waals surface area contributed by atoms with Crippen molar-refractivity contribution in [2.45, 2.75) is 76.7 Å². The maximum absolute atomic E-state index is 13.9. The highest BCUT2D eigenvalue weighted by atomic mass is 35.5. The molecule has 4 atom stereocenters. The average Bonchev–Trinajstić information content (AvgIpc) is 3.20. The fraction of sp³-hybridized carbons (Fsp3) is 0.517. The number of halogens is 2. The molecule has 2 fully saturated rings. The Kier molecular flexibility index (Phi) is 10.8. The molecule has 202 valence electrons. The molecule has 3 N–H and O–H groups in total. The molecule has 0 bridgehead atoms. The molecule has 2 aromatic rings. The number of rotatable bonds is 9. The second kappa shape index (κ2) is 13.6. The predicted octanol–water partition coefficient (Wildman–Crippen LogP) is 4.43. The summed E-state index contributed by atoms with van der Waals surface area (Å²) >= 11 is 6.11. The van der Waals surface area contributed by atoms with Gasteiger partial charge in [0.05, 0.1) is 6.04 Å². The third kappa shape index (κ3) is 7.70. The van der Waals surface area contributed by atoms with Crippen molar-refractivity contribution in [1.29, 1.82) is 0 Å². The Balaban J connectivity index is 0.00000380. The van der Waals surface area contributed by atoms with Crippen molar-refractivity contribution in [1.82, 2.24) is 15.1 Å². The third-order valence-corrected chi connectivity index (χ3v) is 7.69. The number of hydrogen-bond donors (Lipinski definition) is 2. The Hall–Kier alpha value is -2.12. The van der Waals surface area contributed by atoms with E-state index in [1.54, 1.807) is 0 Å². The highest BCUT2D eigenvalue weighted by Gasteiger charge is 2.45. The van der Waals surface area contributed by atoms with Gasteiger partial charge in [-0.1, -0.05) is 67.9 Å². The molecule has 2 aliphatic heterocycles. The number of hydrogen-bond acceptors (Lipinski definition) is 4. The van der Waals surface area contributed by atoms with Gasteiger partial charge in [0.25, 0.3) is 0 Å². The molecule has 1 unspecified atom stereocenters. The topological polar surface area (TPSA) is 78.7 Å². The van der Waals surface area contributed by atoms with Crippen molar-refractivity contribution in [2.24, 2.45) is 11.7 Å². The van der Waals surface area contributed by atoms with Crippen molar-refractivity contribution in [3.05, 3.63) is 70.7 Å². The van der Waals surface area contributed by atoms with Gasteiger partial charge in [-0.25, -0.2) is 0 Å². The summed E-state index contributed by atoms with van der Waals surface area (Å²) in [5, 5.41) is 3.71. The summed E-state index contributed by atoms with van der Waals surface area (Å²) in [5.41, 5.74) is 8.61. The first-order chi connectivity index (χ1) is 17.3. The van der Waals surface area contributed by atoms with Crippen LogP contribution in [0.1, 0.15) is 50.7 Å². The predicted molar refractivity (Wildman–Crippen MR) is 152 cm³/mol. The summed E-state index contributed by atoms with van der Waals surface area (Å²) in [6, 6.07) is 17.5. The first-order valence-electron chi connectivity index (χ1n) is 13.2. The number of aryl methyl sites for hydroxylation is 1. The average molecular weight is 548 g/mol. The van der Waals surface area contributed by atoms with Gasteiger partial charge in [-0.05, 0) is 61.3 Å². The molecule has 4 rings (SSSR count). The van der Waals surface area contributed by atoms with Gasteiger partial charge < -0.3 is 16.0 Å². The second-order valence-electron chi connectivity index (χ2n) is 10.7. The normalized spacial score (nSPS) is 22.8. The monoisotopic (exact) mass is 546 g/mol. The number of amides is 2. The highest BCUT2D eigenvalue weighted by Crippen LogP contribution is 2.30. The smallest absolute Gasteiger partial charge is 0.243 e. The Morgan fingerprint density at radius 1 is 1.14 bits per heavy atom. The lowest BCUT2D eigenvalue weighted by atomic mass is 9.99. The minimum Gasteiger partial charge on any atom is -0.350 e. The van der Waals surface area contributed by atoms with Crippen LogP contribution >= 0.6 is 24.0 Å². The summed E-state index contributed by atoms with van der Waals surface area (Å²) in [6.45, 7) is 5.90. The summed E-state index contributed by atoms with van der Waals surface area (Å²) in [6.07, 6.45) is 4.06. The zero-order valence-corrected chi connectivity index (χ0v) is 23.4. The van der Waals surface area contributed by atoms with E-state index in [9.17, 15) is 9.59 Å². The van der Waals surface area contributed by atoms with Gasteiger partial charge in [0, 0.05) is 36.7 Å². The van der Waals surface area contributed by atoms with Gasteiger partial charge in [0.15, 0.2) is 0 Å². The highest BCUT2D eigenvalue weighted by molar-refractivity contribution is 6.30. The van der Waals surface area contributed by atoms with Crippen molar-refractivity contribution in [2.75, 3.05) is 13.1 Å². The lowest BCUT2D eigenvalue weighted by Gasteiger charge is -2.33. The minimum absolute atomic E-state index is 0. The van der Waals surface area contributed by atoms with E-state index in [-0.39, 0.29) is 48.3 Å². The first kappa shape index (κ1) is 29.4. The first-order valence-corrected chi connectivity index (χ1v) is 13.6. The molecule has 2 heterocycles. The Morgan fingerprint density at radius 2 is 1.86 bits per heavy atom. The molecule has 0 aliphatic carbocycles. The van der Waals surface area contributed by atoms with Crippen molar-refractivity contribution in [3.8, 4) is 0 Å². The van der Waals surface area contributed by atoms with Gasteiger partial charge in [-0.2, -0.15) is 0 Å². The van der Waals surface area contributed by atoms with Crippen LogP contribution in [0.2, 0.25) is 5.02 Å². The van der Waals surface area contributed by atoms with E-state index < -0.39 is 6.04 Å². The molecule has 2 saturated heterocycles. The molecule has 0 spiro atoms. The zero-order valence-electron chi connectivity index (χ0n) is 21.8. The molecule has 2 aromatic carbocycles. The van der Waals surface area contributed by atoms with Crippen LogP contribution in [0.3, 0.4) is 0 Å². The molecular weight excluding hydrogens is 507 g/mol. The molecule has 0 radical (unpaired) electrons. The SMILES string of the molecule is CC(C)C[C@H](C(=O)NCc1cccc(Cl)c1)N1CCC(CCc2ccccc2)N2C[C@H](N)C[C@H]2C1=O.Cl. The van der Waals surface area contributed by atoms with E-state index in [1.807, 2.05) is 35.2 Å². The van der Waals surface area contributed by atoms with Crippen LogP contribution in [-0.2, 0) is 22.6 Å². The summed E-state index contributed by atoms with van der Waals surface area (Å²) in [5.74, 6) is 0.223. The molecule has 37 heavy (non-hydrogen) atoms. The fourth-order valence-electron chi connectivity index (χ4n) is 5.67. The lowest BCUT2D eigenvalue weighted by molar-refractivity contribution is -0.143. The maximum Gasteiger partial charge on any atom is 0.243 e. The molecule has 0 aromatic heterocycles. The third-order valence-electron chi connectivity index (χ3n) is 7.45. The van der Waals surface area contributed by atoms with E-state index in [2.05, 4.69) is 48.3 Å². The van der Waals surface area contributed by atoms with Crippen LogP contribution in [-0.4, -0.2) is 58.9 Å². The van der Waals surface area contributed by atoms with Gasteiger partial charge in [-0.3, -0.25) is 14.5 Å². The van der Waals surface area contributed by atoms with Crippen LogP contribution in [0.5, 0.6) is 0 Å². The largest absolute Gasteiger partial charge is 0.350 e. The van der Waals surface area contributed by atoms with Crippen LogP contribution in [0.25, 0.3) is 0 Å². The van der Waals surface area contributed by atoms with E-state index in [1.165, 1.54) is 5.56 Å². The number of nitrogens with one attached hydrogen (secondary N) is 1. The lowest BCUT2D eigenvalue weighted by Crippen LogP contribution is -2.53. The Bertz CT molecular complexity index is 1040. The van der Waals surface area contributed by atoms with Crippen LogP contribution < -0.4 is 11.1 Å². The number of carbonyl (C=O) groups excluding carboxylic acids is 2. The van der Waals surface area contributed by atoms with E-state index in [4.69, 9.17) is 17.3 Å². The Labute approximate surface area is 232 Å². The van der Waals surface area contributed by atoms with Gasteiger partial charge >= 0.3 is 0 Å². The second-order valence-corrected chi connectivity index (χ2v) is 11.1. The Morgan fingerprint density at radius 3 is 2.57 bits per heavy atom. The number of carbonyl (C=O) groups is 2. The molecule has 2 aliphatic rings. The molecule has 2 amide bonds. The number of nitrogens with zero attached hydrogens (tertiary/aromatic N) is 2. The summed E-state index contributed by atoms with van der Waals surface area (Å²) in [4.78, 5) is 31.5. The summed E-state index contributed by atoms with van der Waals surface area (Å²) < 4.78 is 0.